The third-order valence-corrected chi connectivity index (χ3v) is 4.56. The number of rotatable bonds is 3. The van der Waals surface area contributed by atoms with Crippen molar-refractivity contribution in [2.45, 2.75) is 43.9 Å². The van der Waals surface area contributed by atoms with Crippen molar-refractivity contribution in [1.82, 2.24) is 4.90 Å². The fourth-order valence-corrected chi connectivity index (χ4v) is 3.43. The van der Waals surface area contributed by atoms with E-state index in [1.165, 1.54) is 12.8 Å². The van der Waals surface area contributed by atoms with Crippen LogP contribution in [0.5, 0.6) is 5.75 Å². The number of ether oxygens (including phenoxy) is 1. The van der Waals surface area contributed by atoms with Crippen molar-refractivity contribution < 1.29 is 9.84 Å². The molecule has 4 heteroatoms. The summed E-state index contributed by atoms with van der Waals surface area (Å²) in [6, 6.07) is 6.53. The normalized spacial score (nSPS) is 31.7. The van der Waals surface area contributed by atoms with Gasteiger partial charge in [-0.05, 0) is 44.4 Å². The van der Waals surface area contributed by atoms with Crippen LogP contribution < -0.4 is 4.74 Å². The lowest BCUT2D eigenvalue weighted by Gasteiger charge is -2.26. The molecule has 0 radical (unpaired) electrons. The zero-order valence-electron chi connectivity index (χ0n) is 11.4. The first-order chi connectivity index (χ1) is 9.03. The maximum absolute atomic E-state index is 11.0. The highest BCUT2D eigenvalue weighted by atomic mass is 35.5. The molecule has 0 amide bonds. The van der Waals surface area contributed by atoms with Gasteiger partial charge in [-0.1, -0.05) is 11.6 Å². The Bertz CT molecular complexity index is 489. The van der Waals surface area contributed by atoms with Gasteiger partial charge in [0.25, 0.3) is 0 Å². The lowest BCUT2D eigenvalue weighted by molar-refractivity contribution is 0.0427. The summed E-state index contributed by atoms with van der Waals surface area (Å²) in [5.41, 5.74) is -0.0318. The van der Waals surface area contributed by atoms with Crippen LogP contribution in [0.4, 0.5) is 0 Å². The van der Waals surface area contributed by atoms with Crippen LogP contribution in [0, 0.1) is 0 Å². The lowest BCUT2D eigenvalue weighted by Crippen LogP contribution is -2.33. The second kappa shape index (κ2) is 4.65. The van der Waals surface area contributed by atoms with Gasteiger partial charge in [-0.2, -0.15) is 0 Å². The highest BCUT2D eigenvalue weighted by Gasteiger charge is 2.48. The van der Waals surface area contributed by atoms with Crippen molar-refractivity contribution >= 4 is 11.6 Å². The molecule has 1 aromatic carbocycles. The number of β-amino-alcohol motifs (C(OH)–C–C–N with tert-alkyl or cyclic N) is 1. The third kappa shape index (κ3) is 2.35. The Morgan fingerprint density at radius 2 is 2.16 bits per heavy atom. The first-order valence-corrected chi connectivity index (χ1v) is 7.23. The molecule has 0 aromatic heterocycles. The summed E-state index contributed by atoms with van der Waals surface area (Å²) in [6.07, 6.45) is 3.25. The number of aliphatic hydroxyl groups is 1. The molecular weight excluding hydrogens is 262 g/mol. The minimum absolute atomic E-state index is 0.404. The van der Waals surface area contributed by atoms with Gasteiger partial charge in [0, 0.05) is 29.2 Å². The summed E-state index contributed by atoms with van der Waals surface area (Å²) >= 11 is 6.08. The van der Waals surface area contributed by atoms with Gasteiger partial charge in [0.05, 0.1) is 7.11 Å². The summed E-state index contributed by atoms with van der Waals surface area (Å²) in [5, 5.41) is 11.7. The van der Waals surface area contributed by atoms with Gasteiger partial charge in [0.15, 0.2) is 0 Å². The van der Waals surface area contributed by atoms with E-state index in [1.807, 2.05) is 12.1 Å². The average Bonchev–Trinajstić information content (AvgIpc) is 3.16. The molecule has 2 unspecified atom stereocenters. The van der Waals surface area contributed by atoms with Crippen molar-refractivity contribution in [3.05, 3.63) is 28.8 Å². The molecule has 19 heavy (non-hydrogen) atoms. The van der Waals surface area contributed by atoms with E-state index in [4.69, 9.17) is 16.3 Å². The monoisotopic (exact) mass is 281 g/mol. The summed E-state index contributed by atoms with van der Waals surface area (Å²) in [6.45, 7) is 2.86. The van der Waals surface area contributed by atoms with Crippen LogP contribution >= 0.6 is 11.6 Å². The topological polar surface area (TPSA) is 32.7 Å². The summed E-state index contributed by atoms with van der Waals surface area (Å²) in [5.74, 6) is 0.719. The van der Waals surface area contributed by atoms with E-state index in [0.29, 0.717) is 23.7 Å². The quantitative estimate of drug-likeness (QED) is 0.925. The van der Waals surface area contributed by atoms with E-state index < -0.39 is 5.60 Å². The Hall–Kier alpha value is -0.770. The van der Waals surface area contributed by atoms with Gasteiger partial charge in [0.2, 0.25) is 0 Å². The summed E-state index contributed by atoms with van der Waals surface area (Å²) < 4.78 is 5.39. The van der Waals surface area contributed by atoms with Gasteiger partial charge in [0.1, 0.15) is 11.4 Å². The van der Waals surface area contributed by atoms with Crippen LogP contribution in [-0.4, -0.2) is 35.7 Å². The molecule has 2 atom stereocenters. The van der Waals surface area contributed by atoms with E-state index in [2.05, 4.69) is 11.8 Å². The number of hydrogen-bond donors (Lipinski definition) is 1. The van der Waals surface area contributed by atoms with Gasteiger partial charge >= 0.3 is 0 Å². The highest BCUT2D eigenvalue weighted by molar-refractivity contribution is 6.30. The van der Waals surface area contributed by atoms with Crippen LogP contribution in [-0.2, 0) is 5.60 Å². The number of nitrogens with zero attached hydrogens (tertiary/aromatic N) is 1. The minimum atomic E-state index is -0.849. The molecule has 1 aromatic rings. The fraction of sp³-hybridized carbons (Fsp3) is 0.600. The largest absolute Gasteiger partial charge is 0.496 e. The van der Waals surface area contributed by atoms with Crippen LogP contribution in [0.2, 0.25) is 5.02 Å². The Kier molecular flexibility index (Phi) is 3.24. The molecule has 1 heterocycles. The van der Waals surface area contributed by atoms with E-state index in [9.17, 15) is 5.11 Å². The molecule has 1 aliphatic carbocycles. The molecule has 2 fully saturated rings. The van der Waals surface area contributed by atoms with Crippen LogP contribution in [0.25, 0.3) is 0 Å². The molecular formula is C15H20ClNO2. The SMILES string of the molecule is COc1ccc(Cl)cc1C1(O)CC(C)N(C2CC2)C1. The van der Waals surface area contributed by atoms with Crippen molar-refractivity contribution in [2.24, 2.45) is 0 Å². The predicted octanol–water partition coefficient (Wildman–Crippen LogP) is 2.79. The fourth-order valence-electron chi connectivity index (χ4n) is 3.26. The first-order valence-electron chi connectivity index (χ1n) is 6.85. The highest BCUT2D eigenvalue weighted by Crippen LogP contribution is 2.44. The van der Waals surface area contributed by atoms with Crippen molar-refractivity contribution in [3.63, 3.8) is 0 Å². The minimum Gasteiger partial charge on any atom is -0.496 e. The van der Waals surface area contributed by atoms with Crippen LogP contribution in [0.3, 0.4) is 0 Å². The average molecular weight is 282 g/mol. The molecule has 1 aliphatic heterocycles. The van der Waals surface area contributed by atoms with Crippen molar-refractivity contribution in [2.75, 3.05) is 13.7 Å². The number of halogens is 1. The Labute approximate surface area is 119 Å². The van der Waals surface area contributed by atoms with E-state index in [1.54, 1.807) is 13.2 Å². The smallest absolute Gasteiger partial charge is 0.125 e. The molecule has 1 saturated carbocycles. The molecule has 1 N–H and O–H groups in total. The Morgan fingerprint density at radius 1 is 1.42 bits per heavy atom. The van der Waals surface area contributed by atoms with E-state index in [0.717, 1.165) is 17.7 Å². The molecule has 3 rings (SSSR count). The number of methoxy groups -OCH3 is 1. The molecule has 3 nitrogen and oxygen atoms in total. The zero-order valence-corrected chi connectivity index (χ0v) is 12.2. The van der Waals surface area contributed by atoms with E-state index in [-0.39, 0.29) is 0 Å². The third-order valence-electron chi connectivity index (χ3n) is 4.32. The molecule has 0 bridgehead atoms. The number of hydrogen-bond acceptors (Lipinski definition) is 3. The van der Waals surface area contributed by atoms with Crippen molar-refractivity contribution in [1.29, 1.82) is 0 Å². The second-order valence-electron chi connectivity index (χ2n) is 5.83. The summed E-state index contributed by atoms with van der Waals surface area (Å²) in [7, 11) is 1.63. The number of benzene rings is 1. The standard InChI is InChI=1S/C15H20ClNO2/c1-10-8-15(18,9-17(10)12-4-5-12)13-7-11(16)3-6-14(13)19-2/h3,6-7,10,12,18H,4-5,8-9H2,1-2H3. The maximum Gasteiger partial charge on any atom is 0.125 e. The molecule has 2 aliphatic rings. The zero-order chi connectivity index (χ0) is 13.6. The van der Waals surface area contributed by atoms with Gasteiger partial charge in [-0.25, -0.2) is 0 Å². The molecule has 104 valence electrons. The first kappa shape index (κ1) is 13.2. The lowest BCUT2D eigenvalue weighted by atomic mass is 9.90. The Morgan fingerprint density at radius 3 is 2.79 bits per heavy atom. The maximum atomic E-state index is 11.0. The van der Waals surface area contributed by atoms with Gasteiger partial charge in [-0.15, -0.1) is 0 Å². The number of likely N-dealkylation sites (tertiary alicyclic amines) is 1. The van der Waals surface area contributed by atoms with Gasteiger partial charge < -0.3 is 9.84 Å². The molecule has 0 spiro atoms. The summed E-state index contributed by atoms with van der Waals surface area (Å²) in [4.78, 5) is 2.42. The van der Waals surface area contributed by atoms with Gasteiger partial charge in [-0.3, -0.25) is 4.90 Å². The Balaban J connectivity index is 1.94. The molecule has 1 saturated heterocycles. The predicted molar refractivity (Wildman–Crippen MR) is 75.7 cm³/mol. The van der Waals surface area contributed by atoms with E-state index >= 15 is 0 Å². The van der Waals surface area contributed by atoms with Crippen LogP contribution in [0.15, 0.2) is 18.2 Å². The second-order valence-corrected chi connectivity index (χ2v) is 6.27. The van der Waals surface area contributed by atoms with Crippen LogP contribution in [0.1, 0.15) is 31.7 Å². The van der Waals surface area contributed by atoms with Crippen molar-refractivity contribution in [3.8, 4) is 5.75 Å².